The van der Waals surface area contributed by atoms with Crippen LogP contribution in [0.25, 0.3) is 0 Å². The van der Waals surface area contributed by atoms with Crippen LogP contribution in [0.3, 0.4) is 0 Å². The number of thiocarbonyl (C=S) groups is 1. The van der Waals surface area contributed by atoms with Crippen LogP contribution in [-0.4, -0.2) is 19.2 Å². The molecule has 4 nitrogen and oxygen atoms in total. The summed E-state index contributed by atoms with van der Waals surface area (Å²) in [7, 11) is -3.39. The number of hydrogen-bond acceptors (Lipinski definition) is 4. The average molecular weight is 278 g/mol. The molecular formula is C9H14N2O2S3. The molecule has 0 atom stereocenters. The van der Waals surface area contributed by atoms with Gasteiger partial charge in [-0.25, -0.2) is 13.1 Å². The first-order valence-corrected chi connectivity index (χ1v) is 7.64. The van der Waals surface area contributed by atoms with Gasteiger partial charge in [0.15, 0.2) is 0 Å². The average Bonchev–Trinajstić information content (AvgIpc) is 2.60. The van der Waals surface area contributed by atoms with E-state index in [4.69, 9.17) is 5.73 Å². The van der Waals surface area contributed by atoms with E-state index < -0.39 is 10.0 Å². The van der Waals surface area contributed by atoms with E-state index in [2.05, 4.69) is 23.9 Å². The number of rotatable bonds is 6. The van der Waals surface area contributed by atoms with Crippen molar-refractivity contribution in [3.05, 3.63) is 21.9 Å². The van der Waals surface area contributed by atoms with Crippen molar-refractivity contribution in [1.82, 2.24) is 4.72 Å². The van der Waals surface area contributed by atoms with E-state index in [1.165, 1.54) is 4.88 Å². The predicted molar refractivity (Wildman–Crippen MR) is 71.1 cm³/mol. The van der Waals surface area contributed by atoms with Gasteiger partial charge in [0, 0.05) is 16.3 Å². The molecule has 0 bridgehead atoms. The van der Waals surface area contributed by atoms with Crippen LogP contribution in [-0.2, 0) is 23.0 Å². The van der Waals surface area contributed by atoms with Crippen molar-refractivity contribution < 1.29 is 8.42 Å². The third-order valence-corrected chi connectivity index (χ3v) is 4.70. The minimum atomic E-state index is -3.39. The van der Waals surface area contributed by atoms with Crippen LogP contribution in [0.15, 0.2) is 12.1 Å². The second kappa shape index (κ2) is 5.72. The van der Waals surface area contributed by atoms with Crippen molar-refractivity contribution >= 4 is 38.6 Å². The van der Waals surface area contributed by atoms with Crippen LogP contribution < -0.4 is 10.5 Å². The summed E-state index contributed by atoms with van der Waals surface area (Å²) in [6, 6.07) is 3.93. The molecular weight excluding hydrogens is 264 g/mol. The number of aryl methyl sites for hydroxylation is 1. The molecule has 0 aliphatic heterocycles. The topological polar surface area (TPSA) is 72.2 Å². The smallest absolute Gasteiger partial charge is 0.218 e. The van der Waals surface area contributed by atoms with Crippen LogP contribution in [0.1, 0.15) is 16.7 Å². The highest BCUT2D eigenvalue weighted by atomic mass is 32.2. The Morgan fingerprint density at radius 2 is 2.12 bits per heavy atom. The van der Waals surface area contributed by atoms with E-state index in [1.54, 1.807) is 11.3 Å². The van der Waals surface area contributed by atoms with Gasteiger partial charge in [-0.15, -0.1) is 11.3 Å². The Morgan fingerprint density at radius 1 is 1.50 bits per heavy atom. The summed E-state index contributed by atoms with van der Waals surface area (Å²) in [5.41, 5.74) is 5.19. The van der Waals surface area contributed by atoms with Crippen molar-refractivity contribution in [1.29, 1.82) is 0 Å². The molecule has 0 radical (unpaired) electrons. The van der Waals surface area contributed by atoms with Gasteiger partial charge in [0.2, 0.25) is 10.0 Å². The minimum Gasteiger partial charge on any atom is -0.392 e. The van der Waals surface area contributed by atoms with Gasteiger partial charge in [-0.2, -0.15) is 0 Å². The van der Waals surface area contributed by atoms with Crippen molar-refractivity contribution in [2.75, 3.05) is 5.75 Å². The number of nitrogens with one attached hydrogen (secondary N) is 1. The van der Waals surface area contributed by atoms with Gasteiger partial charge in [0.1, 0.15) is 5.75 Å². The number of hydrogen-bond donors (Lipinski definition) is 2. The third kappa shape index (κ3) is 4.56. The molecule has 0 spiro atoms. The molecule has 1 aromatic heterocycles. The third-order valence-electron chi connectivity index (χ3n) is 1.86. The monoisotopic (exact) mass is 278 g/mol. The van der Waals surface area contributed by atoms with Gasteiger partial charge in [-0.05, 0) is 18.6 Å². The molecule has 1 heterocycles. The largest absolute Gasteiger partial charge is 0.392 e. The molecule has 0 saturated heterocycles. The van der Waals surface area contributed by atoms with Crippen LogP contribution >= 0.6 is 23.6 Å². The molecule has 0 aromatic carbocycles. The minimum absolute atomic E-state index is 0.0204. The van der Waals surface area contributed by atoms with E-state index in [0.717, 1.165) is 11.3 Å². The molecule has 0 aliphatic carbocycles. The van der Waals surface area contributed by atoms with Gasteiger partial charge in [0.05, 0.1) is 4.99 Å². The molecule has 0 fully saturated rings. The van der Waals surface area contributed by atoms with Crippen LogP contribution in [0.4, 0.5) is 0 Å². The normalized spacial score (nSPS) is 11.6. The molecule has 3 N–H and O–H groups in total. The Balaban J connectivity index is 2.54. The molecule has 1 rings (SSSR count). The quantitative estimate of drug-likeness (QED) is 0.762. The van der Waals surface area contributed by atoms with Crippen molar-refractivity contribution in [2.45, 2.75) is 19.9 Å². The van der Waals surface area contributed by atoms with Crippen molar-refractivity contribution in [3.63, 3.8) is 0 Å². The zero-order valence-corrected chi connectivity index (χ0v) is 11.3. The van der Waals surface area contributed by atoms with Gasteiger partial charge < -0.3 is 5.73 Å². The van der Waals surface area contributed by atoms with Crippen LogP contribution in [0.5, 0.6) is 0 Å². The molecule has 1 aromatic rings. The second-order valence-electron chi connectivity index (χ2n) is 3.27. The lowest BCUT2D eigenvalue weighted by Gasteiger charge is -2.03. The zero-order chi connectivity index (χ0) is 12.2. The summed E-state index contributed by atoms with van der Waals surface area (Å²) in [4.78, 5) is 2.21. The lowest BCUT2D eigenvalue weighted by Crippen LogP contribution is -2.31. The lowest BCUT2D eigenvalue weighted by molar-refractivity contribution is 0.586. The van der Waals surface area contributed by atoms with Gasteiger partial charge in [-0.3, -0.25) is 0 Å². The molecule has 0 amide bonds. The second-order valence-corrected chi connectivity index (χ2v) is 6.85. The maximum absolute atomic E-state index is 11.4. The molecule has 7 heteroatoms. The Kier molecular flexibility index (Phi) is 4.85. The number of thiophene rings is 1. The van der Waals surface area contributed by atoms with E-state index in [1.807, 2.05) is 12.1 Å². The maximum atomic E-state index is 11.4. The summed E-state index contributed by atoms with van der Waals surface area (Å²) in [6.07, 6.45) is 0.963. The Hall–Kier alpha value is -0.500. The first kappa shape index (κ1) is 13.6. The SMILES string of the molecule is CCc1ccc(CNS(=O)(=O)CC(N)=S)s1. The first-order valence-electron chi connectivity index (χ1n) is 4.76. The molecule has 16 heavy (non-hydrogen) atoms. The summed E-state index contributed by atoms with van der Waals surface area (Å²) in [6.45, 7) is 2.36. The Labute approximate surface area is 105 Å². The Morgan fingerprint density at radius 3 is 2.62 bits per heavy atom. The summed E-state index contributed by atoms with van der Waals surface area (Å²) in [5, 5.41) is 0. The van der Waals surface area contributed by atoms with E-state index in [9.17, 15) is 8.42 Å². The molecule has 0 unspecified atom stereocenters. The molecule has 0 saturated carbocycles. The fraction of sp³-hybridized carbons (Fsp3) is 0.444. The highest BCUT2D eigenvalue weighted by Gasteiger charge is 2.11. The lowest BCUT2D eigenvalue weighted by atomic mass is 10.4. The van der Waals surface area contributed by atoms with Gasteiger partial charge in [-0.1, -0.05) is 19.1 Å². The number of sulfonamides is 1. The maximum Gasteiger partial charge on any atom is 0.218 e. The molecule has 90 valence electrons. The fourth-order valence-corrected chi connectivity index (χ4v) is 3.43. The predicted octanol–water partition coefficient (Wildman–Crippen LogP) is 1.02. The van der Waals surface area contributed by atoms with Crippen molar-refractivity contribution in [3.8, 4) is 0 Å². The first-order chi connectivity index (χ1) is 7.43. The van der Waals surface area contributed by atoms with Crippen LogP contribution in [0, 0.1) is 0 Å². The van der Waals surface area contributed by atoms with E-state index in [-0.39, 0.29) is 10.7 Å². The molecule has 0 aliphatic rings. The standard InChI is InChI=1S/C9H14N2O2S3/c1-2-7-3-4-8(15-7)5-11-16(12,13)6-9(10)14/h3-4,11H,2,5-6H2,1H3,(H2,10,14). The Bertz CT molecular complexity index is 465. The van der Waals surface area contributed by atoms with Gasteiger partial charge >= 0.3 is 0 Å². The van der Waals surface area contributed by atoms with Crippen molar-refractivity contribution in [2.24, 2.45) is 5.73 Å². The summed E-state index contributed by atoms with van der Waals surface area (Å²) < 4.78 is 25.3. The van der Waals surface area contributed by atoms with E-state index >= 15 is 0 Å². The van der Waals surface area contributed by atoms with Gasteiger partial charge in [0.25, 0.3) is 0 Å². The summed E-state index contributed by atoms with van der Waals surface area (Å²) >= 11 is 6.16. The zero-order valence-electron chi connectivity index (χ0n) is 8.89. The fourth-order valence-electron chi connectivity index (χ4n) is 1.13. The highest BCUT2D eigenvalue weighted by Crippen LogP contribution is 2.16. The van der Waals surface area contributed by atoms with Crippen LogP contribution in [0.2, 0.25) is 0 Å². The highest BCUT2D eigenvalue weighted by molar-refractivity contribution is 7.92. The number of nitrogens with two attached hydrogens (primary N) is 1. The van der Waals surface area contributed by atoms with E-state index in [0.29, 0.717) is 6.54 Å². The summed E-state index contributed by atoms with van der Waals surface area (Å²) in [5.74, 6) is -0.297.